The smallest absolute Gasteiger partial charge is 0.204 e. The van der Waals surface area contributed by atoms with Crippen molar-refractivity contribution in [1.82, 2.24) is 9.80 Å². The Morgan fingerprint density at radius 1 is 1.03 bits per heavy atom. The fourth-order valence-electron chi connectivity index (χ4n) is 3.53. The molecule has 0 radical (unpaired) electrons. The molecule has 4 rings (SSSR count). The van der Waals surface area contributed by atoms with Crippen molar-refractivity contribution in [3.63, 3.8) is 0 Å². The van der Waals surface area contributed by atoms with Gasteiger partial charge in [-0.25, -0.2) is 0 Å². The molecule has 0 aliphatic carbocycles. The highest BCUT2D eigenvalue weighted by Crippen LogP contribution is 2.41. The second-order valence-electron chi connectivity index (χ2n) is 7.46. The lowest BCUT2D eigenvalue weighted by molar-refractivity contribution is 0.132. The SMILES string of the molecule is CN1CCN(CCOc2c(O)cc3oc(-c4ccc(O)cc4)cc(=O)c3c2O)CC1. The van der Waals surface area contributed by atoms with Gasteiger partial charge in [-0.1, -0.05) is 0 Å². The maximum absolute atomic E-state index is 12.7. The lowest BCUT2D eigenvalue weighted by Gasteiger charge is -2.32. The summed E-state index contributed by atoms with van der Waals surface area (Å²) in [4.78, 5) is 17.2. The third-order valence-electron chi connectivity index (χ3n) is 5.33. The normalized spacial score (nSPS) is 15.5. The van der Waals surface area contributed by atoms with E-state index in [4.69, 9.17) is 9.15 Å². The molecule has 8 nitrogen and oxygen atoms in total. The Kier molecular flexibility index (Phi) is 5.52. The molecule has 158 valence electrons. The Hall–Kier alpha value is -3.23. The zero-order chi connectivity index (χ0) is 21.3. The zero-order valence-corrected chi connectivity index (χ0v) is 16.7. The number of nitrogens with zero attached hydrogens (tertiary/aromatic N) is 2. The Labute approximate surface area is 173 Å². The van der Waals surface area contributed by atoms with Crippen LogP contribution in [0.4, 0.5) is 0 Å². The maximum Gasteiger partial charge on any atom is 0.204 e. The van der Waals surface area contributed by atoms with E-state index in [1.165, 1.54) is 24.3 Å². The monoisotopic (exact) mass is 412 g/mol. The molecule has 2 heterocycles. The molecule has 0 spiro atoms. The molecule has 8 heteroatoms. The van der Waals surface area contributed by atoms with Gasteiger partial charge >= 0.3 is 0 Å². The van der Waals surface area contributed by atoms with E-state index in [0.29, 0.717) is 12.1 Å². The summed E-state index contributed by atoms with van der Waals surface area (Å²) in [5.41, 5.74) is 0.172. The number of phenolic OH excluding ortho intramolecular Hbond substituents is 3. The number of aromatic hydroxyl groups is 3. The van der Waals surface area contributed by atoms with Gasteiger partial charge < -0.3 is 29.4 Å². The third kappa shape index (κ3) is 4.05. The molecule has 30 heavy (non-hydrogen) atoms. The number of phenols is 3. The van der Waals surface area contributed by atoms with Crippen LogP contribution >= 0.6 is 0 Å². The zero-order valence-electron chi connectivity index (χ0n) is 16.7. The highest BCUT2D eigenvalue weighted by Gasteiger charge is 2.20. The number of fused-ring (bicyclic) bond motifs is 1. The maximum atomic E-state index is 12.7. The summed E-state index contributed by atoms with van der Waals surface area (Å²) in [5.74, 6) is -0.509. The van der Waals surface area contributed by atoms with Gasteiger partial charge in [0.15, 0.2) is 16.9 Å². The first kappa shape index (κ1) is 20.1. The van der Waals surface area contributed by atoms with Crippen molar-refractivity contribution in [2.24, 2.45) is 0 Å². The fourth-order valence-corrected chi connectivity index (χ4v) is 3.53. The van der Waals surface area contributed by atoms with E-state index in [9.17, 15) is 20.1 Å². The topological polar surface area (TPSA) is 107 Å². The van der Waals surface area contributed by atoms with Crippen LogP contribution in [0.1, 0.15) is 0 Å². The van der Waals surface area contributed by atoms with E-state index < -0.39 is 11.2 Å². The summed E-state index contributed by atoms with van der Waals surface area (Å²) < 4.78 is 11.3. The molecular weight excluding hydrogens is 388 g/mol. The molecule has 1 fully saturated rings. The molecule has 3 aromatic rings. The molecular formula is C22H24N2O6. The van der Waals surface area contributed by atoms with Crippen molar-refractivity contribution in [1.29, 1.82) is 0 Å². The summed E-state index contributed by atoms with van der Waals surface area (Å²) in [6, 6.07) is 8.70. The number of piperazine rings is 1. The van der Waals surface area contributed by atoms with Crippen LogP contribution in [0.3, 0.4) is 0 Å². The highest BCUT2D eigenvalue weighted by atomic mass is 16.5. The third-order valence-corrected chi connectivity index (χ3v) is 5.33. The van der Waals surface area contributed by atoms with E-state index in [0.717, 1.165) is 26.2 Å². The molecule has 0 bridgehead atoms. The minimum atomic E-state index is -0.458. The van der Waals surface area contributed by atoms with Crippen LogP contribution in [0.2, 0.25) is 0 Å². The Bertz CT molecular complexity index is 1100. The predicted octanol–water partition coefficient (Wildman–Crippen LogP) is 2.20. The van der Waals surface area contributed by atoms with Gasteiger partial charge in [0.2, 0.25) is 5.75 Å². The largest absolute Gasteiger partial charge is 0.508 e. The van der Waals surface area contributed by atoms with Crippen molar-refractivity contribution in [2.75, 3.05) is 46.4 Å². The molecule has 0 amide bonds. The predicted molar refractivity (Wildman–Crippen MR) is 112 cm³/mol. The fraction of sp³-hybridized carbons (Fsp3) is 0.318. The number of hydrogen-bond acceptors (Lipinski definition) is 8. The van der Waals surface area contributed by atoms with Crippen LogP contribution < -0.4 is 10.2 Å². The Morgan fingerprint density at radius 3 is 2.43 bits per heavy atom. The van der Waals surface area contributed by atoms with E-state index in [-0.39, 0.29) is 40.6 Å². The van der Waals surface area contributed by atoms with Crippen molar-refractivity contribution in [3.8, 4) is 34.3 Å². The highest BCUT2D eigenvalue weighted by molar-refractivity contribution is 5.89. The Balaban J connectivity index is 1.58. The summed E-state index contributed by atoms with van der Waals surface area (Å²) in [7, 11) is 2.08. The minimum absolute atomic E-state index is 0.0481. The van der Waals surface area contributed by atoms with E-state index >= 15 is 0 Å². The van der Waals surface area contributed by atoms with Crippen molar-refractivity contribution < 1.29 is 24.5 Å². The van der Waals surface area contributed by atoms with Gasteiger partial charge in [0, 0.05) is 50.4 Å². The molecule has 0 unspecified atom stereocenters. The summed E-state index contributed by atoms with van der Waals surface area (Å²) in [6.07, 6.45) is 0. The van der Waals surface area contributed by atoms with Gasteiger partial charge in [0.05, 0.1) is 0 Å². The van der Waals surface area contributed by atoms with Crippen molar-refractivity contribution in [3.05, 3.63) is 46.6 Å². The van der Waals surface area contributed by atoms with Crippen LogP contribution in [0, 0.1) is 0 Å². The molecule has 1 aliphatic rings. The summed E-state index contributed by atoms with van der Waals surface area (Å²) in [5, 5.41) is 30.3. The molecule has 1 saturated heterocycles. The first-order chi connectivity index (χ1) is 14.4. The first-order valence-electron chi connectivity index (χ1n) is 9.78. The standard InChI is InChI=1S/C22H24N2O6/c1-23-6-8-24(9-7-23)10-11-29-22-17(27)13-19-20(21(22)28)16(26)12-18(30-19)14-2-4-15(25)5-3-14/h2-5,12-13,25,27-28H,6-11H2,1H3. The lowest BCUT2D eigenvalue weighted by Crippen LogP contribution is -2.45. The minimum Gasteiger partial charge on any atom is -0.508 e. The molecule has 1 aliphatic heterocycles. The van der Waals surface area contributed by atoms with Gasteiger partial charge in [-0.2, -0.15) is 0 Å². The number of hydrogen-bond donors (Lipinski definition) is 3. The van der Waals surface area contributed by atoms with Crippen LogP contribution in [0.15, 0.2) is 45.6 Å². The number of ether oxygens (including phenoxy) is 1. The van der Waals surface area contributed by atoms with Gasteiger partial charge in [0.1, 0.15) is 29.1 Å². The van der Waals surface area contributed by atoms with Gasteiger partial charge in [-0.3, -0.25) is 9.69 Å². The average Bonchev–Trinajstić information content (AvgIpc) is 2.71. The molecule has 2 aromatic carbocycles. The quantitative estimate of drug-likeness (QED) is 0.586. The number of rotatable bonds is 5. The van der Waals surface area contributed by atoms with Crippen LogP contribution in [0.5, 0.6) is 23.0 Å². The molecule has 0 atom stereocenters. The number of likely N-dealkylation sites (N-methyl/N-ethyl adjacent to an activating group) is 1. The molecule has 1 aromatic heterocycles. The van der Waals surface area contributed by atoms with Crippen LogP contribution in [-0.2, 0) is 0 Å². The number of benzene rings is 2. The average molecular weight is 412 g/mol. The van der Waals surface area contributed by atoms with E-state index in [2.05, 4.69) is 16.8 Å². The van der Waals surface area contributed by atoms with Crippen molar-refractivity contribution >= 4 is 11.0 Å². The molecule has 3 N–H and O–H groups in total. The Morgan fingerprint density at radius 2 is 1.73 bits per heavy atom. The first-order valence-corrected chi connectivity index (χ1v) is 9.78. The second kappa shape index (κ2) is 8.25. The van der Waals surface area contributed by atoms with Crippen LogP contribution in [0.25, 0.3) is 22.3 Å². The van der Waals surface area contributed by atoms with Gasteiger partial charge in [-0.05, 0) is 31.3 Å². The van der Waals surface area contributed by atoms with Gasteiger partial charge in [-0.15, -0.1) is 0 Å². The summed E-state index contributed by atoms with van der Waals surface area (Å²) >= 11 is 0. The van der Waals surface area contributed by atoms with E-state index in [1.54, 1.807) is 12.1 Å². The van der Waals surface area contributed by atoms with Gasteiger partial charge in [0.25, 0.3) is 0 Å². The molecule has 0 saturated carbocycles. The van der Waals surface area contributed by atoms with Crippen LogP contribution in [-0.4, -0.2) is 71.5 Å². The summed E-state index contributed by atoms with van der Waals surface area (Å²) in [6.45, 7) is 4.75. The van der Waals surface area contributed by atoms with E-state index in [1.807, 2.05) is 0 Å². The lowest BCUT2D eigenvalue weighted by atomic mass is 10.1. The second-order valence-corrected chi connectivity index (χ2v) is 7.46. The van der Waals surface area contributed by atoms with Crippen molar-refractivity contribution in [2.45, 2.75) is 0 Å².